The Balaban J connectivity index is 1.44. The molecule has 2 atom stereocenters. The first-order chi connectivity index (χ1) is 17.9. The van der Waals surface area contributed by atoms with Gasteiger partial charge >= 0.3 is 0 Å². The Bertz CT molecular complexity index is 1150. The number of amides is 1. The van der Waals surface area contributed by atoms with Crippen molar-refractivity contribution in [1.29, 1.82) is 0 Å². The predicted molar refractivity (Wildman–Crippen MR) is 144 cm³/mol. The molecule has 0 aliphatic rings. The molecule has 0 aromatic heterocycles. The van der Waals surface area contributed by atoms with Gasteiger partial charge in [-0.05, 0) is 61.6 Å². The van der Waals surface area contributed by atoms with Crippen LogP contribution in [0, 0.1) is 0 Å². The lowest BCUT2D eigenvalue weighted by Gasteiger charge is -2.18. The number of aryl methyl sites for hydroxylation is 1. The summed E-state index contributed by atoms with van der Waals surface area (Å²) in [5.74, 6) is 0.814. The summed E-state index contributed by atoms with van der Waals surface area (Å²) in [5.41, 5.74) is 4.26. The Labute approximate surface area is 219 Å². The predicted octanol–water partition coefficient (Wildman–Crippen LogP) is 3.79. The van der Waals surface area contributed by atoms with Crippen molar-refractivity contribution in [2.24, 2.45) is 0 Å². The van der Waals surface area contributed by atoms with Crippen molar-refractivity contribution < 1.29 is 24.9 Å². The van der Waals surface area contributed by atoms with Crippen LogP contribution in [-0.4, -0.2) is 40.4 Å². The number of aromatic hydroxyl groups is 1. The highest BCUT2D eigenvalue weighted by atomic mass is 16.5. The van der Waals surface area contributed by atoms with Gasteiger partial charge in [-0.25, -0.2) is 0 Å². The van der Waals surface area contributed by atoms with Gasteiger partial charge in [-0.2, -0.15) is 0 Å². The maximum absolute atomic E-state index is 12.4. The van der Waals surface area contributed by atoms with Crippen molar-refractivity contribution in [3.8, 4) is 11.5 Å². The molecule has 1 amide bonds. The molecule has 3 rings (SSSR count). The Kier molecular flexibility index (Phi) is 11.0. The van der Waals surface area contributed by atoms with E-state index in [0.29, 0.717) is 43.7 Å². The van der Waals surface area contributed by atoms with Gasteiger partial charge in [-0.3, -0.25) is 4.79 Å². The summed E-state index contributed by atoms with van der Waals surface area (Å²) in [6.07, 6.45) is 1.08. The number of phenols is 1. The van der Waals surface area contributed by atoms with Crippen LogP contribution in [0.15, 0.2) is 66.7 Å². The molecule has 3 aromatic carbocycles. The van der Waals surface area contributed by atoms with Crippen LogP contribution in [0.4, 0.5) is 0 Å². The first-order valence-corrected chi connectivity index (χ1v) is 12.8. The van der Waals surface area contributed by atoms with Crippen LogP contribution < -0.4 is 15.4 Å². The molecule has 37 heavy (non-hydrogen) atoms. The summed E-state index contributed by atoms with van der Waals surface area (Å²) in [6, 6.07) is 20.8. The van der Waals surface area contributed by atoms with Crippen LogP contribution in [0.5, 0.6) is 11.5 Å². The molecule has 198 valence electrons. The summed E-state index contributed by atoms with van der Waals surface area (Å²) in [7, 11) is 0. The molecule has 0 saturated heterocycles. The molecule has 0 aliphatic heterocycles. The van der Waals surface area contributed by atoms with E-state index in [1.807, 2.05) is 43.3 Å². The maximum atomic E-state index is 12.4. The third kappa shape index (κ3) is 8.89. The van der Waals surface area contributed by atoms with E-state index in [2.05, 4.69) is 29.7 Å². The van der Waals surface area contributed by atoms with Crippen molar-refractivity contribution >= 4 is 5.91 Å². The highest BCUT2D eigenvalue weighted by Crippen LogP contribution is 2.22. The number of hydrogen-bond acceptors (Lipinski definition) is 6. The number of aliphatic hydroxyl groups excluding tert-OH is 2. The minimum Gasteiger partial charge on any atom is -0.508 e. The Morgan fingerprint density at radius 1 is 1.00 bits per heavy atom. The van der Waals surface area contributed by atoms with E-state index < -0.39 is 6.10 Å². The van der Waals surface area contributed by atoms with Gasteiger partial charge in [0.05, 0.1) is 19.3 Å². The van der Waals surface area contributed by atoms with Crippen LogP contribution in [-0.2, 0) is 30.8 Å². The molecule has 0 heterocycles. The third-order valence-electron chi connectivity index (χ3n) is 6.24. The highest BCUT2D eigenvalue weighted by molar-refractivity contribution is 5.76. The van der Waals surface area contributed by atoms with Crippen LogP contribution in [0.1, 0.15) is 54.2 Å². The monoisotopic (exact) mass is 506 g/mol. The second-order valence-corrected chi connectivity index (χ2v) is 9.21. The van der Waals surface area contributed by atoms with Crippen LogP contribution in [0.3, 0.4) is 0 Å². The van der Waals surface area contributed by atoms with Gasteiger partial charge < -0.3 is 30.7 Å². The molecule has 0 aliphatic carbocycles. The average Bonchev–Trinajstić information content (AvgIpc) is 2.90. The Hall–Kier alpha value is -3.39. The fourth-order valence-corrected chi connectivity index (χ4v) is 4.19. The zero-order chi connectivity index (χ0) is 26.6. The first kappa shape index (κ1) is 28.2. The molecule has 7 nitrogen and oxygen atoms in total. The SMILES string of the molecule is CCOc1ccccc1CNC(=O)CCc1cccc(C[C@@H](C)NC[C@@H](O)c2ccc(O)c(CO)c2)c1. The van der Waals surface area contributed by atoms with Crippen molar-refractivity contribution in [3.63, 3.8) is 0 Å². The van der Waals surface area contributed by atoms with Gasteiger partial charge in [-0.15, -0.1) is 0 Å². The number of carbonyl (C=O) groups excluding carboxylic acids is 1. The summed E-state index contributed by atoms with van der Waals surface area (Å²) >= 11 is 0. The van der Waals surface area contributed by atoms with Gasteiger partial charge in [0.2, 0.25) is 5.91 Å². The van der Waals surface area contributed by atoms with E-state index in [1.165, 1.54) is 6.07 Å². The van der Waals surface area contributed by atoms with Gasteiger partial charge in [-0.1, -0.05) is 48.5 Å². The number of aliphatic hydroxyl groups is 2. The van der Waals surface area contributed by atoms with E-state index in [-0.39, 0.29) is 24.3 Å². The van der Waals surface area contributed by atoms with E-state index in [0.717, 1.165) is 28.9 Å². The lowest BCUT2D eigenvalue weighted by Crippen LogP contribution is -2.32. The first-order valence-electron chi connectivity index (χ1n) is 12.8. The normalized spacial score (nSPS) is 12.6. The zero-order valence-corrected chi connectivity index (χ0v) is 21.6. The maximum Gasteiger partial charge on any atom is 0.220 e. The summed E-state index contributed by atoms with van der Waals surface area (Å²) in [5, 5.41) is 35.9. The van der Waals surface area contributed by atoms with Gasteiger partial charge in [0.15, 0.2) is 0 Å². The Morgan fingerprint density at radius 3 is 2.57 bits per heavy atom. The number of benzene rings is 3. The fraction of sp³-hybridized carbons (Fsp3) is 0.367. The molecule has 0 saturated carbocycles. The largest absolute Gasteiger partial charge is 0.508 e. The average molecular weight is 507 g/mol. The molecule has 7 heteroatoms. The van der Waals surface area contributed by atoms with Gasteiger partial charge in [0.1, 0.15) is 11.5 Å². The second kappa shape index (κ2) is 14.4. The smallest absolute Gasteiger partial charge is 0.220 e. The number of carbonyl (C=O) groups is 1. The third-order valence-corrected chi connectivity index (χ3v) is 6.24. The molecule has 3 aromatic rings. The highest BCUT2D eigenvalue weighted by Gasteiger charge is 2.13. The van der Waals surface area contributed by atoms with Gasteiger partial charge in [0, 0.05) is 36.7 Å². The van der Waals surface area contributed by atoms with Crippen LogP contribution in [0.25, 0.3) is 0 Å². The van der Waals surface area contributed by atoms with Crippen molar-refractivity contribution in [2.75, 3.05) is 13.2 Å². The van der Waals surface area contributed by atoms with E-state index in [9.17, 15) is 20.1 Å². The second-order valence-electron chi connectivity index (χ2n) is 9.21. The minimum absolute atomic E-state index is 0.000636. The molecular weight excluding hydrogens is 468 g/mol. The summed E-state index contributed by atoms with van der Waals surface area (Å²) in [6.45, 7) is 5.09. The molecule has 0 bridgehead atoms. The number of para-hydroxylation sites is 1. The van der Waals surface area contributed by atoms with Crippen molar-refractivity contribution in [1.82, 2.24) is 10.6 Å². The van der Waals surface area contributed by atoms with Gasteiger partial charge in [0.25, 0.3) is 0 Å². The number of nitrogens with one attached hydrogen (secondary N) is 2. The topological polar surface area (TPSA) is 111 Å². The standard InChI is InChI=1S/C30H38N2O5/c1-3-37-29-10-5-4-9-25(29)18-32-30(36)14-11-22-7-6-8-23(16-22)15-21(2)31-19-28(35)24-12-13-27(34)26(17-24)20-33/h4-10,12-13,16-17,21,28,31,33-35H,3,11,14-15,18-20H2,1-2H3,(H,32,36)/t21-,28-/m1/s1. The van der Waals surface area contributed by atoms with Crippen molar-refractivity contribution in [3.05, 3.63) is 94.5 Å². The number of hydrogen-bond donors (Lipinski definition) is 5. The zero-order valence-electron chi connectivity index (χ0n) is 21.6. The molecule has 0 fully saturated rings. The molecule has 0 unspecified atom stereocenters. The lowest BCUT2D eigenvalue weighted by atomic mass is 10.0. The lowest BCUT2D eigenvalue weighted by molar-refractivity contribution is -0.121. The van der Waals surface area contributed by atoms with Crippen molar-refractivity contribution in [2.45, 2.75) is 58.4 Å². The molecular formula is C30H38N2O5. The van der Waals surface area contributed by atoms with E-state index in [4.69, 9.17) is 4.74 Å². The quantitative estimate of drug-likeness (QED) is 0.228. The number of rotatable bonds is 14. The number of ether oxygens (including phenoxy) is 1. The molecule has 0 spiro atoms. The molecule has 5 N–H and O–H groups in total. The van der Waals surface area contributed by atoms with E-state index in [1.54, 1.807) is 12.1 Å². The van der Waals surface area contributed by atoms with Crippen LogP contribution in [0.2, 0.25) is 0 Å². The van der Waals surface area contributed by atoms with E-state index >= 15 is 0 Å². The summed E-state index contributed by atoms with van der Waals surface area (Å²) in [4.78, 5) is 12.4. The minimum atomic E-state index is -0.751. The summed E-state index contributed by atoms with van der Waals surface area (Å²) < 4.78 is 5.62. The Morgan fingerprint density at radius 2 is 1.78 bits per heavy atom. The van der Waals surface area contributed by atoms with Crippen LogP contribution >= 0.6 is 0 Å². The molecule has 0 radical (unpaired) electrons. The fourth-order valence-electron chi connectivity index (χ4n) is 4.19.